The lowest BCUT2D eigenvalue weighted by molar-refractivity contribution is 0.0995. The summed E-state index contributed by atoms with van der Waals surface area (Å²) in [6.07, 6.45) is 1.26. The highest BCUT2D eigenvalue weighted by Crippen LogP contribution is 2.23. The Hall–Kier alpha value is -3.27. The van der Waals surface area contributed by atoms with Crippen LogP contribution in [0.2, 0.25) is 0 Å². The molecule has 2 rings (SSSR count). The number of nitrogens with two attached hydrogens (primary N) is 2. The first-order valence-corrected chi connectivity index (χ1v) is 7.73. The third kappa shape index (κ3) is 4.61. The number of amides is 1. The molecule has 1 amide bonds. The van der Waals surface area contributed by atoms with E-state index in [1.165, 1.54) is 6.21 Å². The minimum absolute atomic E-state index is 0.0700. The first-order chi connectivity index (χ1) is 12.1. The molecule has 1 heterocycles. The average Bonchev–Trinajstić information content (AvgIpc) is 2.60. The first kappa shape index (κ1) is 18.1. The molecule has 2 aromatic rings. The molecule has 0 radical (unpaired) electrons. The Kier molecular flexibility index (Phi) is 6.18. The number of carbonyl (C=O) groups is 1. The van der Waals surface area contributed by atoms with Crippen LogP contribution >= 0.6 is 0 Å². The van der Waals surface area contributed by atoms with Crippen molar-refractivity contribution in [2.24, 2.45) is 11.5 Å². The number of benzene rings is 1. The van der Waals surface area contributed by atoms with E-state index < -0.39 is 5.91 Å². The van der Waals surface area contributed by atoms with Gasteiger partial charge in [0.15, 0.2) is 11.5 Å². The number of nitrogens with zero attached hydrogens (tertiary/aromatic N) is 3. The summed E-state index contributed by atoms with van der Waals surface area (Å²) in [6, 6.07) is 5.35. The van der Waals surface area contributed by atoms with Gasteiger partial charge >= 0.3 is 0 Å². The fourth-order valence-electron chi connectivity index (χ4n) is 2.08. The number of aromatic nitrogens is 3. The van der Waals surface area contributed by atoms with Crippen LogP contribution < -0.4 is 27.4 Å². The van der Waals surface area contributed by atoms with Gasteiger partial charge in [-0.2, -0.15) is 4.98 Å². The van der Waals surface area contributed by atoms with Crippen molar-refractivity contribution < 1.29 is 4.79 Å². The summed E-state index contributed by atoms with van der Waals surface area (Å²) in [5.41, 5.74) is 12.9. The summed E-state index contributed by atoms with van der Waals surface area (Å²) >= 11 is 0. The van der Waals surface area contributed by atoms with Crippen molar-refractivity contribution in [3.05, 3.63) is 29.5 Å². The molecular formula is C15H21N9O. The molecule has 0 spiro atoms. The van der Waals surface area contributed by atoms with Crippen LogP contribution in [-0.4, -0.2) is 46.9 Å². The van der Waals surface area contributed by atoms with Gasteiger partial charge in [-0.15, -0.1) is 10.2 Å². The Bertz CT molecular complexity index is 763. The van der Waals surface area contributed by atoms with Gasteiger partial charge in [0.2, 0.25) is 5.95 Å². The molecule has 132 valence electrons. The monoisotopic (exact) mass is 343 g/mol. The molecule has 0 unspecified atom stereocenters. The van der Waals surface area contributed by atoms with E-state index in [1.807, 2.05) is 13.0 Å². The van der Waals surface area contributed by atoms with Gasteiger partial charge in [0.25, 0.3) is 5.91 Å². The normalized spacial score (nSPS) is 10.2. The van der Waals surface area contributed by atoms with Gasteiger partial charge in [-0.25, -0.2) is 0 Å². The lowest BCUT2D eigenvalue weighted by atomic mass is 10.1. The van der Waals surface area contributed by atoms with Gasteiger partial charge in [0.1, 0.15) is 0 Å². The second-order valence-electron chi connectivity index (χ2n) is 5.01. The molecule has 0 aliphatic rings. The standard InChI is InChI=1S/C15H21N9O/c1-2-19-11-7-10(4-3-9(11)8-17)21-14-12(13(18)25)23-24-15(22-14)20-6-5-16/h3-4,7-8,17,19H,2,5-6,16H2,1H3,(H2,18,25)(H2,20,21,22,24). The van der Waals surface area contributed by atoms with E-state index in [4.69, 9.17) is 16.9 Å². The molecule has 0 saturated carbocycles. The number of primary amides is 1. The van der Waals surface area contributed by atoms with Crippen molar-refractivity contribution in [1.29, 1.82) is 5.41 Å². The van der Waals surface area contributed by atoms with Gasteiger partial charge in [-0.05, 0) is 25.1 Å². The van der Waals surface area contributed by atoms with Crippen LogP contribution in [0.5, 0.6) is 0 Å². The number of rotatable bonds is 9. The molecular weight excluding hydrogens is 322 g/mol. The highest BCUT2D eigenvalue weighted by Gasteiger charge is 2.15. The van der Waals surface area contributed by atoms with E-state index in [1.54, 1.807) is 12.1 Å². The number of hydrogen-bond donors (Lipinski definition) is 6. The zero-order chi connectivity index (χ0) is 18.2. The number of hydrogen-bond acceptors (Lipinski definition) is 9. The second kappa shape index (κ2) is 8.55. The Morgan fingerprint density at radius 1 is 1.32 bits per heavy atom. The largest absolute Gasteiger partial charge is 0.385 e. The SMILES string of the molecule is CCNc1cc(Nc2nc(NCCN)nnc2C(N)=O)ccc1C=N. The predicted molar refractivity (Wildman–Crippen MR) is 97.7 cm³/mol. The second-order valence-corrected chi connectivity index (χ2v) is 5.01. The minimum Gasteiger partial charge on any atom is -0.385 e. The number of carbonyl (C=O) groups excluding carboxylic acids is 1. The molecule has 0 atom stereocenters. The van der Waals surface area contributed by atoms with E-state index in [9.17, 15) is 4.79 Å². The summed E-state index contributed by atoms with van der Waals surface area (Å²) in [5.74, 6) is -0.316. The summed E-state index contributed by atoms with van der Waals surface area (Å²) < 4.78 is 0. The lowest BCUT2D eigenvalue weighted by Gasteiger charge is -2.13. The summed E-state index contributed by atoms with van der Waals surface area (Å²) in [5, 5.41) is 24.1. The van der Waals surface area contributed by atoms with E-state index in [0.29, 0.717) is 25.3 Å². The van der Waals surface area contributed by atoms with Gasteiger partial charge in [0, 0.05) is 42.8 Å². The molecule has 0 fully saturated rings. The Morgan fingerprint density at radius 3 is 2.76 bits per heavy atom. The average molecular weight is 343 g/mol. The van der Waals surface area contributed by atoms with Crippen molar-refractivity contribution >= 4 is 35.3 Å². The fourth-order valence-corrected chi connectivity index (χ4v) is 2.08. The molecule has 0 saturated heterocycles. The van der Waals surface area contributed by atoms with Gasteiger partial charge in [-0.1, -0.05) is 0 Å². The van der Waals surface area contributed by atoms with E-state index in [0.717, 1.165) is 11.3 Å². The van der Waals surface area contributed by atoms with Gasteiger partial charge in [-0.3, -0.25) is 4.79 Å². The van der Waals surface area contributed by atoms with E-state index in [-0.39, 0.29) is 17.5 Å². The summed E-state index contributed by atoms with van der Waals surface area (Å²) in [7, 11) is 0. The van der Waals surface area contributed by atoms with Crippen molar-refractivity contribution in [3.8, 4) is 0 Å². The molecule has 1 aromatic heterocycles. The highest BCUT2D eigenvalue weighted by molar-refractivity contribution is 5.96. The van der Waals surface area contributed by atoms with Crippen LogP contribution in [0.4, 0.5) is 23.1 Å². The van der Waals surface area contributed by atoms with Crippen molar-refractivity contribution in [3.63, 3.8) is 0 Å². The smallest absolute Gasteiger partial charge is 0.273 e. The third-order valence-corrected chi connectivity index (χ3v) is 3.19. The maximum Gasteiger partial charge on any atom is 0.273 e. The molecule has 8 N–H and O–H groups in total. The van der Waals surface area contributed by atoms with Gasteiger partial charge < -0.3 is 32.8 Å². The van der Waals surface area contributed by atoms with Crippen molar-refractivity contribution in [2.45, 2.75) is 6.92 Å². The Morgan fingerprint density at radius 2 is 2.12 bits per heavy atom. The topological polar surface area (TPSA) is 168 Å². The molecule has 0 aliphatic heterocycles. The van der Waals surface area contributed by atoms with Crippen LogP contribution in [0.1, 0.15) is 23.0 Å². The van der Waals surface area contributed by atoms with E-state index >= 15 is 0 Å². The fraction of sp³-hybridized carbons (Fsp3) is 0.267. The third-order valence-electron chi connectivity index (χ3n) is 3.19. The lowest BCUT2D eigenvalue weighted by Crippen LogP contribution is -2.20. The molecule has 1 aromatic carbocycles. The quantitative estimate of drug-likeness (QED) is 0.358. The number of nitrogens with one attached hydrogen (secondary N) is 4. The predicted octanol–water partition coefficient (Wildman–Crippen LogP) is 0.514. The van der Waals surface area contributed by atoms with Crippen molar-refractivity contribution in [1.82, 2.24) is 15.2 Å². The minimum atomic E-state index is -0.740. The Labute approximate surface area is 144 Å². The van der Waals surface area contributed by atoms with E-state index in [2.05, 4.69) is 31.1 Å². The maximum absolute atomic E-state index is 11.6. The zero-order valence-electron chi connectivity index (χ0n) is 13.8. The highest BCUT2D eigenvalue weighted by atomic mass is 16.1. The Balaban J connectivity index is 2.35. The molecule has 0 aliphatic carbocycles. The summed E-state index contributed by atoms with van der Waals surface area (Å²) in [4.78, 5) is 15.8. The number of anilines is 4. The van der Waals surface area contributed by atoms with Crippen LogP contribution in [0, 0.1) is 5.41 Å². The zero-order valence-corrected chi connectivity index (χ0v) is 13.8. The van der Waals surface area contributed by atoms with Gasteiger partial charge in [0.05, 0.1) is 0 Å². The van der Waals surface area contributed by atoms with Crippen LogP contribution in [-0.2, 0) is 0 Å². The molecule has 0 bridgehead atoms. The maximum atomic E-state index is 11.6. The van der Waals surface area contributed by atoms with Crippen LogP contribution in [0.3, 0.4) is 0 Å². The van der Waals surface area contributed by atoms with Crippen molar-refractivity contribution in [2.75, 3.05) is 35.6 Å². The summed E-state index contributed by atoms with van der Waals surface area (Å²) in [6.45, 7) is 3.54. The van der Waals surface area contributed by atoms with Crippen LogP contribution in [0.15, 0.2) is 18.2 Å². The molecule has 10 nitrogen and oxygen atoms in total. The molecule has 25 heavy (non-hydrogen) atoms. The molecule has 10 heteroatoms. The van der Waals surface area contributed by atoms with Crippen LogP contribution in [0.25, 0.3) is 0 Å². The first-order valence-electron chi connectivity index (χ1n) is 7.73.